The van der Waals surface area contributed by atoms with Crippen molar-refractivity contribution in [2.75, 3.05) is 13.1 Å². The fraction of sp³-hybridized carbons (Fsp3) is 0.550. The van der Waals surface area contributed by atoms with E-state index in [0.717, 1.165) is 5.56 Å². The lowest BCUT2D eigenvalue weighted by Gasteiger charge is -2.33. The molecular weight excluding hydrogens is 351 g/mol. The normalized spacial score (nSPS) is 23.2. The molecular formula is C20H25FN2O4. The van der Waals surface area contributed by atoms with Gasteiger partial charge in [-0.05, 0) is 49.8 Å². The summed E-state index contributed by atoms with van der Waals surface area (Å²) in [6.45, 7) is 1.42. The third-order valence-corrected chi connectivity index (χ3v) is 5.69. The second-order valence-corrected chi connectivity index (χ2v) is 7.49. The van der Waals surface area contributed by atoms with Crippen molar-refractivity contribution < 1.29 is 23.9 Å². The van der Waals surface area contributed by atoms with E-state index in [-0.39, 0.29) is 29.5 Å². The van der Waals surface area contributed by atoms with E-state index in [4.69, 9.17) is 5.11 Å². The second-order valence-electron chi connectivity index (χ2n) is 7.49. The lowest BCUT2D eigenvalue weighted by Crippen LogP contribution is -2.44. The highest BCUT2D eigenvalue weighted by molar-refractivity contribution is 5.82. The molecule has 3 rings (SSSR count). The summed E-state index contributed by atoms with van der Waals surface area (Å²) >= 11 is 0. The van der Waals surface area contributed by atoms with Crippen molar-refractivity contribution in [3.05, 3.63) is 35.6 Å². The number of hydrogen-bond acceptors (Lipinski definition) is 3. The molecule has 0 bridgehead atoms. The van der Waals surface area contributed by atoms with Gasteiger partial charge in [0, 0.05) is 31.5 Å². The summed E-state index contributed by atoms with van der Waals surface area (Å²) in [5.41, 5.74) is 0.839. The van der Waals surface area contributed by atoms with Crippen LogP contribution in [0, 0.1) is 23.6 Å². The molecule has 146 valence electrons. The molecule has 2 aliphatic rings. The second kappa shape index (κ2) is 8.50. The summed E-state index contributed by atoms with van der Waals surface area (Å²) in [5.74, 6) is -1.88. The first kappa shape index (κ1) is 19.3. The van der Waals surface area contributed by atoms with E-state index in [9.17, 15) is 18.8 Å². The number of likely N-dealkylation sites (tertiary alicyclic amines) is 1. The van der Waals surface area contributed by atoms with Gasteiger partial charge in [-0.15, -0.1) is 0 Å². The van der Waals surface area contributed by atoms with Crippen LogP contribution in [0.15, 0.2) is 24.3 Å². The topological polar surface area (TPSA) is 86.7 Å². The van der Waals surface area contributed by atoms with Gasteiger partial charge in [-0.25, -0.2) is 4.39 Å². The van der Waals surface area contributed by atoms with Crippen molar-refractivity contribution in [3.8, 4) is 0 Å². The molecule has 2 amide bonds. The SMILES string of the molecule is O=C(NCc1ccc(F)cc1)C1CCN(C(=O)[C@H]2CC[C@@H](C(=O)O)C2)CC1. The molecule has 0 radical (unpaired) electrons. The molecule has 1 heterocycles. The first-order chi connectivity index (χ1) is 12.9. The van der Waals surface area contributed by atoms with Crippen LogP contribution in [0.2, 0.25) is 0 Å². The van der Waals surface area contributed by atoms with Gasteiger partial charge in [0.2, 0.25) is 11.8 Å². The summed E-state index contributed by atoms with van der Waals surface area (Å²) in [6, 6.07) is 6.01. The molecule has 1 aliphatic heterocycles. The van der Waals surface area contributed by atoms with Gasteiger partial charge in [-0.2, -0.15) is 0 Å². The van der Waals surface area contributed by atoms with Crippen LogP contribution in [0.25, 0.3) is 0 Å². The molecule has 1 saturated heterocycles. The van der Waals surface area contributed by atoms with Gasteiger partial charge in [0.25, 0.3) is 0 Å². The van der Waals surface area contributed by atoms with E-state index in [1.807, 2.05) is 0 Å². The first-order valence-corrected chi connectivity index (χ1v) is 9.48. The molecule has 2 atom stereocenters. The summed E-state index contributed by atoms with van der Waals surface area (Å²) in [4.78, 5) is 37.8. The Morgan fingerprint density at radius 1 is 1.00 bits per heavy atom. The van der Waals surface area contributed by atoms with Crippen molar-refractivity contribution in [2.45, 2.75) is 38.6 Å². The van der Waals surface area contributed by atoms with Gasteiger partial charge < -0.3 is 15.3 Å². The summed E-state index contributed by atoms with van der Waals surface area (Å²) < 4.78 is 12.9. The van der Waals surface area contributed by atoms with E-state index in [0.29, 0.717) is 51.7 Å². The smallest absolute Gasteiger partial charge is 0.306 e. The average Bonchev–Trinajstić information content (AvgIpc) is 3.17. The Morgan fingerprint density at radius 2 is 1.63 bits per heavy atom. The monoisotopic (exact) mass is 376 g/mol. The zero-order valence-electron chi connectivity index (χ0n) is 15.2. The maximum absolute atomic E-state index is 12.9. The van der Waals surface area contributed by atoms with Gasteiger partial charge in [-0.3, -0.25) is 14.4 Å². The van der Waals surface area contributed by atoms with Crippen molar-refractivity contribution in [1.82, 2.24) is 10.2 Å². The predicted octanol–water partition coefficient (Wildman–Crippen LogP) is 2.18. The lowest BCUT2D eigenvalue weighted by molar-refractivity contribution is -0.142. The number of piperidine rings is 1. The van der Waals surface area contributed by atoms with E-state index >= 15 is 0 Å². The maximum Gasteiger partial charge on any atom is 0.306 e. The molecule has 1 aliphatic carbocycles. The Balaban J connectivity index is 1.43. The molecule has 1 aromatic rings. The standard InChI is InChI=1S/C20H25FN2O4/c21-17-5-1-13(2-6-17)12-22-18(24)14-7-9-23(10-8-14)19(25)15-3-4-16(11-15)20(26)27/h1-2,5-6,14-16H,3-4,7-12H2,(H,22,24)(H,26,27)/t15-,16+/m0/s1. The van der Waals surface area contributed by atoms with Crippen LogP contribution in [-0.4, -0.2) is 40.9 Å². The van der Waals surface area contributed by atoms with Crippen LogP contribution >= 0.6 is 0 Å². The van der Waals surface area contributed by atoms with Gasteiger partial charge in [-0.1, -0.05) is 12.1 Å². The van der Waals surface area contributed by atoms with Crippen molar-refractivity contribution in [1.29, 1.82) is 0 Å². The minimum atomic E-state index is -0.818. The third-order valence-electron chi connectivity index (χ3n) is 5.69. The zero-order valence-corrected chi connectivity index (χ0v) is 15.2. The molecule has 2 N–H and O–H groups in total. The van der Waals surface area contributed by atoms with E-state index in [1.54, 1.807) is 17.0 Å². The Morgan fingerprint density at radius 3 is 2.22 bits per heavy atom. The van der Waals surface area contributed by atoms with Gasteiger partial charge in [0.05, 0.1) is 5.92 Å². The Labute approximate surface area is 157 Å². The van der Waals surface area contributed by atoms with Crippen LogP contribution in [0.5, 0.6) is 0 Å². The number of hydrogen-bond donors (Lipinski definition) is 2. The number of rotatable bonds is 5. The predicted molar refractivity (Wildman–Crippen MR) is 96.0 cm³/mol. The summed E-state index contributed by atoms with van der Waals surface area (Å²) in [7, 11) is 0. The molecule has 0 aromatic heterocycles. The van der Waals surface area contributed by atoms with Crippen LogP contribution < -0.4 is 5.32 Å². The summed E-state index contributed by atoms with van der Waals surface area (Å²) in [6.07, 6.45) is 2.83. The molecule has 1 saturated carbocycles. The Hall–Kier alpha value is -2.44. The lowest BCUT2D eigenvalue weighted by atomic mass is 9.94. The number of amides is 2. The fourth-order valence-corrected chi connectivity index (χ4v) is 3.99. The average molecular weight is 376 g/mol. The van der Waals surface area contributed by atoms with Gasteiger partial charge >= 0.3 is 5.97 Å². The van der Waals surface area contributed by atoms with Crippen molar-refractivity contribution in [2.24, 2.45) is 17.8 Å². The van der Waals surface area contributed by atoms with Crippen molar-refractivity contribution in [3.63, 3.8) is 0 Å². The molecule has 6 nitrogen and oxygen atoms in total. The largest absolute Gasteiger partial charge is 0.481 e. The van der Waals surface area contributed by atoms with Crippen LogP contribution in [0.4, 0.5) is 4.39 Å². The molecule has 27 heavy (non-hydrogen) atoms. The Kier molecular flexibility index (Phi) is 6.08. The number of benzene rings is 1. The van der Waals surface area contributed by atoms with E-state index in [1.165, 1.54) is 12.1 Å². The van der Waals surface area contributed by atoms with E-state index in [2.05, 4.69) is 5.32 Å². The summed E-state index contributed by atoms with van der Waals surface area (Å²) in [5, 5.41) is 12.0. The highest BCUT2D eigenvalue weighted by Gasteiger charge is 2.37. The number of carbonyl (C=O) groups excluding carboxylic acids is 2. The third kappa shape index (κ3) is 4.84. The zero-order chi connectivity index (χ0) is 19.4. The minimum absolute atomic E-state index is 0.0314. The number of nitrogens with one attached hydrogen (secondary N) is 1. The van der Waals surface area contributed by atoms with E-state index < -0.39 is 11.9 Å². The first-order valence-electron chi connectivity index (χ1n) is 9.48. The number of nitrogens with zero attached hydrogens (tertiary/aromatic N) is 1. The van der Waals surface area contributed by atoms with Crippen LogP contribution in [-0.2, 0) is 20.9 Å². The minimum Gasteiger partial charge on any atom is -0.481 e. The number of carbonyl (C=O) groups is 3. The quantitative estimate of drug-likeness (QED) is 0.825. The van der Waals surface area contributed by atoms with Gasteiger partial charge in [0.1, 0.15) is 5.82 Å². The molecule has 1 aromatic carbocycles. The molecule has 2 fully saturated rings. The van der Waals surface area contributed by atoms with Crippen LogP contribution in [0.3, 0.4) is 0 Å². The highest BCUT2D eigenvalue weighted by atomic mass is 19.1. The number of aliphatic carboxylic acids is 1. The molecule has 7 heteroatoms. The maximum atomic E-state index is 12.9. The number of carboxylic acid groups (broad SMARTS) is 1. The molecule has 0 unspecified atom stereocenters. The van der Waals surface area contributed by atoms with Crippen LogP contribution in [0.1, 0.15) is 37.7 Å². The number of carboxylic acids is 1. The van der Waals surface area contributed by atoms with Gasteiger partial charge in [0.15, 0.2) is 0 Å². The van der Waals surface area contributed by atoms with Crippen molar-refractivity contribution >= 4 is 17.8 Å². The fourth-order valence-electron chi connectivity index (χ4n) is 3.99. The number of halogens is 1. The molecule has 0 spiro atoms. The Bertz CT molecular complexity index is 698. The highest BCUT2D eigenvalue weighted by Crippen LogP contribution is 2.33.